The van der Waals surface area contributed by atoms with E-state index in [1.165, 1.54) is 77.0 Å². The molecule has 1 fully saturated rings. The molecule has 1 aliphatic rings. The molecule has 1 aromatic rings. The number of hydrogen-bond donors (Lipinski definition) is 4. The van der Waals surface area contributed by atoms with Crippen molar-refractivity contribution in [2.75, 3.05) is 6.61 Å². The van der Waals surface area contributed by atoms with Gasteiger partial charge in [-0.25, -0.2) is 0 Å². The highest BCUT2D eigenvalue weighted by atomic mass is 16.7. The van der Waals surface area contributed by atoms with Crippen molar-refractivity contribution < 1.29 is 29.9 Å². The fourth-order valence-electron chi connectivity index (χ4n) is 4.42. The largest absolute Gasteiger partial charge is 0.462 e. The van der Waals surface area contributed by atoms with Crippen molar-refractivity contribution in [2.45, 2.75) is 128 Å². The minimum atomic E-state index is -1.44. The van der Waals surface area contributed by atoms with Crippen LogP contribution in [0.15, 0.2) is 24.3 Å². The van der Waals surface area contributed by atoms with Crippen molar-refractivity contribution in [3.05, 3.63) is 29.8 Å². The Morgan fingerprint density at radius 3 is 1.91 bits per heavy atom. The second-order valence-corrected chi connectivity index (χ2v) is 9.46. The van der Waals surface area contributed by atoms with Crippen LogP contribution in [0, 0.1) is 0 Å². The van der Waals surface area contributed by atoms with E-state index in [0.29, 0.717) is 5.75 Å². The topological polar surface area (TPSA) is 99.4 Å². The van der Waals surface area contributed by atoms with Gasteiger partial charge in [-0.2, -0.15) is 0 Å². The number of unbranched alkanes of at least 4 members (excludes halogenated alkanes) is 12. The lowest BCUT2D eigenvalue weighted by Crippen LogP contribution is -2.60. The lowest BCUT2D eigenvalue weighted by molar-refractivity contribution is -0.277. The molecule has 0 bridgehead atoms. The van der Waals surface area contributed by atoms with Crippen LogP contribution in [0.2, 0.25) is 0 Å². The first-order valence-electron chi connectivity index (χ1n) is 13.1. The molecule has 190 valence electrons. The normalized spacial score (nSPS) is 25.3. The molecular formula is C27H46O6. The molecule has 1 aromatic carbocycles. The fourth-order valence-corrected chi connectivity index (χ4v) is 4.42. The first kappa shape index (κ1) is 28.1. The molecule has 1 heterocycles. The van der Waals surface area contributed by atoms with Gasteiger partial charge in [-0.15, -0.1) is 0 Å². The zero-order valence-corrected chi connectivity index (χ0v) is 20.4. The van der Waals surface area contributed by atoms with Crippen molar-refractivity contribution in [3.8, 4) is 5.75 Å². The maximum absolute atomic E-state index is 10.1. The summed E-state index contributed by atoms with van der Waals surface area (Å²) in [6.07, 6.45) is 12.0. The van der Waals surface area contributed by atoms with E-state index in [9.17, 15) is 20.4 Å². The molecule has 33 heavy (non-hydrogen) atoms. The Labute approximate surface area is 199 Å². The molecule has 5 atom stereocenters. The number of benzene rings is 1. The average Bonchev–Trinajstić information content (AvgIpc) is 2.82. The summed E-state index contributed by atoms with van der Waals surface area (Å²) < 4.78 is 11.1. The molecule has 0 amide bonds. The van der Waals surface area contributed by atoms with Gasteiger partial charge in [0.05, 0.1) is 6.61 Å². The average molecular weight is 467 g/mol. The van der Waals surface area contributed by atoms with Crippen molar-refractivity contribution >= 4 is 0 Å². The second-order valence-electron chi connectivity index (χ2n) is 9.46. The smallest absolute Gasteiger partial charge is 0.229 e. The summed E-state index contributed by atoms with van der Waals surface area (Å²) in [6.45, 7) is 1.80. The standard InChI is InChI=1S/C27H46O6/c1-2-3-4-5-6-7-8-9-10-11-12-13-14-16-21-17-15-18-22(19-21)32-27-26(31)25(30)24(29)23(20-28)33-27/h15,17-19,23-31H,2-14,16,20H2,1H3/t23?,24-,25?,26?,27-/m1/s1. The van der Waals surface area contributed by atoms with Crippen LogP contribution in [0.4, 0.5) is 0 Å². The highest BCUT2D eigenvalue weighted by Gasteiger charge is 2.44. The maximum Gasteiger partial charge on any atom is 0.229 e. The van der Waals surface area contributed by atoms with Gasteiger partial charge in [-0.3, -0.25) is 0 Å². The molecule has 6 heteroatoms. The third kappa shape index (κ3) is 10.3. The van der Waals surface area contributed by atoms with Gasteiger partial charge in [0.2, 0.25) is 6.29 Å². The van der Waals surface area contributed by atoms with Crippen LogP contribution in [0.1, 0.15) is 96.0 Å². The lowest BCUT2D eigenvalue weighted by atomic mass is 9.99. The fraction of sp³-hybridized carbons (Fsp3) is 0.778. The van der Waals surface area contributed by atoms with Gasteiger partial charge in [0.1, 0.15) is 30.2 Å². The number of rotatable bonds is 17. The van der Waals surface area contributed by atoms with Gasteiger partial charge in [0.15, 0.2) is 0 Å². The van der Waals surface area contributed by atoms with Crippen LogP contribution in [0.25, 0.3) is 0 Å². The molecule has 0 radical (unpaired) electrons. The Kier molecular flexibility index (Phi) is 14.0. The Bertz CT molecular complexity index is 622. The highest BCUT2D eigenvalue weighted by Crippen LogP contribution is 2.25. The van der Waals surface area contributed by atoms with Gasteiger partial charge in [0, 0.05) is 0 Å². The minimum absolute atomic E-state index is 0.468. The quantitative estimate of drug-likeness (QED) is 0.252. The van der Waals surface area contributed by atoms with E-state index in [1.54, 1.807) is 6.07 Å². The molecule has 0 spiro atoms. The van der Waals surface area contributed by atoms with Gasteiger partial charge in [-0.05, 0) is 30.5 Å². The van der Waals surface area contributed by atoms with E-state index >= 15 is 0 Å². The Morgan fingerprint density at radius 2 is 1.33 bits per heavy atom. The van der Waals surface area contributed by atoms with E-state index in [2.05, 4.69) is 13.0 Å². The van der Waals surface area contributed by atoms with Crippen LogP contribution in [0.5, 0.6) is 5.75 Å². The third-order valence-corrected chi connectivity index (χ3v) is 6.57. The van der Waals surface area contributed by atoms with Crippen LogP contribution < -0.4 is 4.74 Å². The van der Waals surface area contributed by atoms with Crippen molar-refractivity contribution in [1.82, 2.24) is 0 Å². The molecule has 1 saturated heterocycles. The van der Waals surface area contributed by atoms with Gasteiger partial charge in [-0.1, -0.05) is 96.1 Å². The summed E-state index contributed by atoms with van der Waals surface area (Å²) in [5.74, 6) is 0.534. The summed E-state index contributed by atoms with van der Waals surface area (Å²) in [6, 6.07) is 7.65. The highest BCUT2D eigenvalue weighted by molar-refractivity contribution is 5.28. The molecule has 6 nitrogen and oxygen atoms in total. The van der Waals surface area contributed by atoms with E-state index in [1.807, 2.05) is 12.1 Å². The van der Waals surface area contributed by atoms with E-state index in [-0.39, 0.29) is 0 Å². The van der Waals surface area contributed by atoms with E-state index in [4.69, 9.17) is 9.47 Å². The number of aryl methyl sites for hydroxylation is 1. The Morgan fingerprint density at radius 1 is 0.758 bits per heavy atom. The monoisotopic (exact) mass is 466 g/mol. The van der Waals surface area contributed by atoms with Crippen LogP contribution >= 0.6 is 0 Å². The molecule has 2 rings (SSSR count). The Hall–Kier alpha value is -1.18. The summed E-state index contributed by atoms with van der Waals surface area (Å²) in [7, 11) is 0. The van der Waals surface area contributed by atoms with Crippen LogP contribution in [-0.4, -0.2) is 57.7 Å². The molecule has 0 aliphatic carbocycles. The van der Waals surface area contributed by atoms with Crippen LogP contribution in [0.3, 0.4) is 0 Å². The summed E-state index contributed by atoms with van der Waals surface area (Å²) in [5, 5.41) is 39.3. The Balaban J connectivity index is 1.59. The molecule has 1 aliphatic heterocycles. The van der Waals surface area contributed by atoms with Crippen molar-refractivity contribution in [1.29, 1.82) is 0 Å². The minimum Gasteiger partial charge on any atom is -0.462 e. The summed E-state index contributed by atoms with van der Waals surface area (Å²) in [5.41, 5.74) is 1.15. The van der Waals surface area contributed by atoms with Crippen LogP contribution in [-0.2, 0) is 11.2 Å². The molecule has 4 N–H and O–H groups in total. The zero-order chi connectivity index (χ0) is 23.9. The number of aliphatic hydroxyl groups is 4. The molecular weight excluding hydrogens is 420 g/mol. The first-order valence-corrected chi connectivity index (χ1v) is 13.1. The summed E-state index contributed by atoms with van der Waals surface area (Å²) >= 11 is 0. The predicted molar refractivity (Wildman–Crippen MR) is 130 cm³/mol. The molecule has 0 aromatic heterocycles. The SMILES string of the molecule is CCCCCCCCCCCCCCCc1cccc(O[C@@H]2OC(CO)[C@@H](O)C(O)C2O)c1. The number of aliphatic hydroxyl groups excluding tert-OH is 4. The number of ether oxygens (including phenoxy) is 2. The lowest BCUT2D eigenvalue weighted by Gasteiger charge is -2.39. The maximum atomic E-state index is 10.1. The molecule has 3 unspecified atom stereocenters. The zero-order valence-electron chi connectivity index (χ0n) is 20.4. The third-order valence-electron chi connectivity index (χ3n) is 6.57. The second kappa shape index (κ2) is 16.4. The van der Waals surface area contributed by atoms with Crippen molar-refractivity contribution in [2.24, 2.45) is 0 Å². The first-order chi connectivity index (χ1) is 16.1. The molecule has 0 saturated carbocycles. The predicted octanol–water partition coefficient (Wildman–Crippen LogP) is 4.50. The van der Waals surface area contributed by atoms with Crippen molar-refractivity contribution in [3.63, 3.8) is 0 Å². The van der Waals surface area contributed by atoms with Gasteiger partial charge in [0.25, 0.3) is 0 Å². The van der Waals surface area contributed by atoms with E-state index < -0.39 is 37.3 Å². The van der Waals surface area contributed by atoms with E-state index in [0.717, 1.165) is 18.4 Å². The number of hydrogen-bond acceptors (Lipinski definition) is 6. The summed E-state index contributed by atoms with van der Waals surface area (Å²) in [4.78, 5) is 0. The van der Waals surface area contributed by atoms with Gasteiger partial charge >= 0.3 is 0 Å². The van der Waals surface area contributed by atoms with Gasteiger partial charge < -0.3 is 29.9 Å².